The molecule has 0 bridgehead atoms. The summed E-state index contributed by atoms with van der Waals surface area (Å²) in [5.74, 6) is 0.667. The summed E-state index contributed by atoms with van der Waals surface area (Å²) in [6, 6.07) is 5.85. The number of aryl methyl sites for hydroxylation is 1. The standard InChI is InChI=1S/C18H20ClN5OS2/c1-4-14(16(25)21-17-20-8-9-26-17)27-18-23-22-15(24(18)5-2)12-7-6-11(3)13(19)10-12/h6-10,14H,4-5H2,1-3H3,(H,20,21,25)/t14-/m1/s1. The van der Waals surface area contributed by atoms with Crippen LogP contribution in [-0.4, -0.2) is 30.9 Å². The van der Waals surface area contributed by atoms with Gasteiger partial charge in [0, 0.05) is 28.7 Å². The van der Waals surface area contributed by atoms with E-state index in [9.17, 15) is 4.79 Å². The first-order chi connectivity index (χ1) is 13.0. The Labute approximate surface area is 171 Å². The second kappa shape index (κ2) is 8.86. The molecule has 2 aromatic heterocycles. The molecule has 0 unspecified atom stereocenters. The van der Waals surface area contributed by atoms with Gasteiger partial charge in [0.1, 0.15) is 0 Å². The van der Waals surface area contributed by atoms with E-state index in [1.54, 1.807) is 6.20 Å². The number of carbonyl (C=O) groups is 1. The summed E-state index contributed by atoms with van der Waals surface area (Å²) in [6.45, 7) is 6.67. The van der Waals surface area contributed by atoms with Crippen molar-refractivity contribution in [2.75, 3.05) is 5.32 Å². The lowest BCUT2D eigenvalue weighted by Crippen LogP contribution is -2.25. The number of aromatic nitrogens is 4. The predicted octanol–water partition coefficient (Wildman–Crippen LogP) is 4.89. The highest BCUT2D eigenvalue weighted by Gasteiger charge is 2.23. The highest BCUT2D eigenvalue weighted by Crippen LogP contribution is 2.30. The van der Waals surface area contributed by atoms with Crippen molar-refractivity contribution in [3.8, 4) is 11.4 Å². The normalized spacial score (nSPS) is 12.1. The monoisotopic (exact) mass is 421 g/mol. The van der Waals surface area contributed by atoms with Gasteiger partial charge in [0.2, 0.25) is 5.91 Å². The minimum Gasteiger partial charge on any atom is -0.302 e. The van der Waals surface area contributed by atoms with Gasteiger partial charge in [-0.3, -0.25) is 4.79 Å². The number of nitrogens with one attached hydrogen (secondary N) is 1. The van der Waals surface area contributed by atoms with E-state index in [1.807, 2.05) is 48.9 Å². The number of carbonyl (C=O) groups excluding carboxylic acids is 1. The zero-order chi connectivity index (χ0) is 19.4. The number of hydrogen-bond donors (Lipinski definition) is 1. The molecular formula is C18H20ClN5OS2. The molecule has 0 aliphatic rings. The number of benzene rings is 1. The van der Waals surface area contributed by atoms with Crippen molar-refractivity contribution in [1.82, 2.24) is 19.7 Å². The number of thioether (sulfide) groups is 1. The Morgan fingerprint density at radius 3 is 2.81 bits per heavy atom. The minimum atomic E-state index is -0.280. The fraction of sp³-hybridized carbons (Fsp3) is 0.333. The Morgan fingerprint density at radius 1 is 1.37 bits per heavy atom. The van der Waals surface area contributed by atoms with Crippen LogP contribution < -0.4 is 5.32 Å². The molecule has 3 rings (SSSR count). The van der Waals surface area contributed by atoms with Gasteiger partial charge in [-0.15, -0.1) is 21.5 Å². The summed E-state index contributed by atoms with van der Waals surface area (Å²) < 4.78 is 2.00. The third-order valence-corrected chi connectivity index (χ3v) is 6.48. The zero-order valence-corrected chi connectivity index (χ0v) is 17.7. The molecule has 142 valence electrons. The molecule has 0 fully saturated rings. The Morgan fingerprint density at radius 2 is 2.19 bits per heavy atom. The molecule has 3 aromatic rings. The van der Waals surface area contributed by atoms with Gasteiger partial charge >= 0.3 is 0 Å². The number of halogens is 1. The molecule has 0 saturated carbocycles. The van der Waals surface area contributed by atoms with Crippen molar-refractivity contribution in [1.29, 1.82) is 0 Å². The van der Waals surface area contributed by atoms with Crippen LogP contribution in [-0.2, 0) is 11.3 Å². The number of thiazole rings is 1. The fourth-order valence-corrected chi connectivity index (χ4v) is 4.26. The van der Waals surface area contributed by atoms with Gasteiger partial charge in [-0.25, -0.2) is 4.98 Å². The number of nitrogens with zero attached hydrogens (tertiary/aromatic N) is 4. The van der Waals surface area contributed by atoms with Gasteiger partial charge in [0.05, 0.1) is 5.25 Å². The number of hydrogen-bond acceptors (Lipinski definition) is 6. The lowest BCUT2D eigenvalue weighted by Gasteiger charge is -2.14. The summed E-state index contributed by atoms with van der Waals surface area (Å²) in [4.78, 5) is 16.7. The quantitative estimate of drug-likeness (QED) is 0.549. The first-order valence-corrected chi connectivity index (χ1v) is 10.7. The van der Waals surface area contributed by atoms with Crippen molar-refractivity contribution < 1.29 is 4.79 Å². The van der Waals surface area contributed by atoms with Crippen molar-refractivity contribution in [3.63, 3.8) is 0 Å². The Bertz CT molecular complexity index is 926. The Kier molecular flexibility index (Phi) is 6.51. The highest BCUT2D eigenvalue weighted by atomic mass is 35.5. The summed E-state index contributed by atoms with van der Waals surface area (Å²) in [5.41, 5.74) is 1.93. The van der Waals surface area contributed by atoms with Crippen molar-refractivity contribution in [2.24, 2.45) is 0 Å². The van der Waals surface area contributed by atoms with Crippen LogP contribution in [0.2, 0.25) is 5.02 Å². The van der Waals surface area contributed by atoms with E-state index in [-0.39, 0.29) is 11.2 Å². The van der Waals surface area contributed by atoms with Crippen molar-refractivity contribution in [3.05, 3.63) is 40.4 Å². The topological polar surface area (TPSA) is 72.7 Å². The van der Waals surface area contributed by atoms with Gasteiger partial charge in [0.15, 0.2) is 16.1 Å². The van der Waals surface area contributed by atoms with E-state index in [0.29, 0.717) is 28.3 Å². The zero-order valence-electron chi connectivity index (χ0n) is 15.3. The highest BCUT2D eigenvalue weighted by molar-refractivity contribution is 8.00. The van der Waals surface area contributed by atoms with Crippen molar-refractivity contribution in [2.45, 2.75) is 44.1 Å². The van der Waals surface area contributed by atoms with Crippen LogP contribution >= 0.6 is 34.7 Å². The molecule has 0 aliphatic carbocycles. The Balaban J connectivity index is 1.82. The number of anilines is 1. The molecule has 1 N–H and O–H groups in total. The average Bonchev–Trinajstić information content (AvgIpc) is 3.31. The second-order valence-electron chi connectivity index (χ2n) is 5.86. The third-order valence-electron chi connectivity index (χ3n) is 4.04. The second-order valence-corrected chi connectivity index (χ2v) is 8.33. The van der Waals surface area contributed by atoms with Crippen LogP contribution in [0, 0.1) is 6.92 Å². The van der Waals surface area contributed by atoms with Gasteiger partial charge in [-0.05, 0) is 31.9 Å². The fourth-order valence-electron chi connectivity index (χ4n) is 2.53. The third kappa shape index (κ3) is 4.51. The molecule has 1 amide bonds. The van der Waals surface area contributed by atoms with E-state index in [4.69, 9.17) is 11.6 Å². The number of rotatable bonds is 7. The summed E-state index contributed by atoms with van der Waals surface area (Å²) >= 11 is 9.07. The molecule has 6 nitrogen and oxygen atoms in total. The van der Waals surface area contributed by atoms with E-state index >= 15 is 0 Å². The van der Waals surface area contributed by atoms with Gasteiger partial charge in [0.25, 0.3) is 0 Å². The van der Waals surface area contributed by atoms with Crippen molar-refractivity contribution >= 4 is 45.7 Å². The average molecular weight is 422 g/mol. The van der Waals surface area contributed by atoms with Gasteiger partial charge in [-0.2, -0.15) is 0 Å². The molecule has 0 saturated heterocycles. The molecule has 0 radical (unpaired) electrons. The van der Waals surface area contributed by atoms with Crippen LogP contribution in [0.15, 0.2) is 34.9 Å². The molecule has 2 heterocycles. The van der Waals surface area contributed by atoms with E-state index in [1.165, 1.54) is 23.1 Å². The molecule has 1 atom stereocenters. The summed E-state index contributed by atoms with van der Waals surface area (Å²) in [6.07, 6.45) is 2.34. The molecular weight excluding hydrogens is 402 g/mol. The van der Waals surface area contributed by atoms with Crippen LogP contribution in [0.5, 0.6) is 0 Å². The molecule has 0 spiro atoms. The van der Waals surface area contributed by atoms with E-state index in [0.717, 1.165) is 17.0 Å². The van der Waals surface area contributed by atoms with E-state index < -0.39 is 0 Å². The maximum Gasteiger partial charge on any atom is 0.239 e. The first kappa shape index (κ1) is 19.9. The molecule has 27 heavy (non-hydrogen) atoms. The summed E-state index contributed by atoms with van der Waals surface area (Å²) in [7, 11) is 0. The SMILES string of the molecule is CC[C@@H](Sc1nnc(-c2ccc(C)c(Cl)c2)n1CC)C(=O)Nc1nccs1. The lowest BCUT2D eigenvalue weighted by atomic mass is 10.1. The molecule has 0 aliphatic heterocycles. The smallest absolute Gasteiger partial charge is 0.239 e. The van der Waals surface area contributed by atoms with Crippen LogP contribution in [0.4, 0.5) is 5.13 Å². The molecule has 9 heteroatoms. The van der Waals surface area contributed by atoms with Gasteiger partial charge in [-0.1, -0.05) is 42.4 Å². The Hall–Kier alpha value is -1.90. The maximum atomic E-state index is 12.6. The first-order valence-electron chi connectivity index (χ1n) is 8.60. The van der Waals surface area contributed by atoms with Crippen LogP contribution in [0.1, 0.15) is 25.8 Å². The van der Waals surface area contributed by atoms with Crippen LogP contribution in [0.3, 0.4) is 0 Å². The van der Waals surface area contributed by atoms with Gasteiger partial charge < -0.3 is 9.88 Å². The van der Waals surface area contributed by atoms with E-state index in [2.05, 4.69) is 20.5 Å². The number of amides is 1. The summed E-state index contributed by atoms with van der Waals surface area (Å²) in [5, 5.41) is 15.1. The maximum absolute atomic E-state index is 12.6. The predicted molar refractivity (Wildman–Crippen MR) is 112 cm³/mol. The lowest BCUT2D eigenvalue weighted by molar-refractivity contribution is -0.115. The largest absolute Gasteiger partial charge is 0.302 e. The molecule has 1 aromatic carbocycles. The van der Waals surface area contributed by atoms with Crippen LogP contribution in [0.25, 0.3) is 11.4 Å². The minimum absolute atomic E-state index is 0.0805.